The van der Waals surface area contributed by atoms with Gasteiger partial charge in [0.1, 0.15) is 11.6 Å². The van der Waals surface area contributed by atoms with Crippen LogP contribution in [0.3, 0.4) is 0 Å². The second-order valence-electron chi connectivity index (χ2n) is 4.57. The maximum Gasteiger partial charge on any atom is 0.126 e. The van der Waals surface area contributed by atoms with Crippen LogP contribution in [-0.4, -0.2) is 6.04 Å². The van der Waals surface area contributed by atoms with Crippen LogP contribution in [0.15, 0.2) is 42.5 Å². The zero-order valence-corrected chi connectivity index (χ0v) is 12.4. The minimum absolute atomic E-state index is 0.152. The molecule has 0 saturated heterocycles. The van der Waals surface area contributed by atoms with Crippen LogP contribution >= 0.6 is 22.6 Å². The highest BCUT2D eigenvalue weighted by Crippen LogP contribution is 2.13. The Bertz CT molecular complexity index is 534. The number of nitrogens with two attached hydrogens (primary N) is 1. The third-order valence-corrected chi connectivity index (χ3v) is 3.55. The quantitative estimate of drug-likeness (QED) is 0.814. The Labute approximate surface area is 125 Å². The van der Waals surface area contributed by atoms with E-state index in [1.54, 1.807) is 0 Å². The van der Waals surface area contributed by atoms with Gasteiger partial charge < -0.3 is 5.73 Å². The van der Waals surface area contributed by atoms with E-state index in [-0.39, 0.29) is 6.04 Å². The monoisotopic (exact) mass is 373 g/mol. The standard InChI is InChI=1S/C15H14F2IN/c16-12-5-11(6-13(17)9-12)8-15(19)7-10-1-3-14(18)4-2-10/h1-6,9,15H,7-8,19H2. The van der Waals surface area contributed by atoms with Gasteiger partial charge in [-0.15, -0.1) is 0 Å². The summed E-state index contributed by atoms with van der Waals surface area (Å²) in [6.45, 7) is 0. The van der Waals surface area contributed by atoms with Crippen LogP contribution in [0.2, 0.25) is 0 Å². The molecule has 4 heteroatoms. The predicted molar refractivity (Wildman–Crippen MR) is 80.9 cm³/mol. The van der Waals surface area contributed by atoms with E-state index in [1.807, 2.05) is 24.3 Å². The van der Waals surface area contributed by atoms with Crippen molar-refractivity contribution in [1.29, 1.82) is 0 Å². The van der Waals surface area contributed by atoms with Gasteiger partial charge in [0.25, 0.3) is 0 Å². The maximum atomic E-state index is 13.1. The first-order chi connectivity index (χ1) is 9.02. The lowest BCUT2D eigenvalue weighted by Crippen LogP contribution is -2.25. The molecule has 2 aromatic carbocycles. The number of hydrogen-bond acceptors (Lipinski definition) is 1. The highest BCUT2D eigenvalue weighted by Gasteiger charge is 2.08. The van der Waals surface area contributed by atoms with Gasteiger partial charge in [0, 0.05) is 15.7 Å². The van der Waals surface area contributed by atoms with Crippen molar-refractivity contribution in [3.8, 4) is 0 Å². The summed E-state index contributed by atoms with van der Waals surface area (Å²) in [6.07, 6.45) is 1.15. The third kappa shape index (κ3) is 4.54. The second-order valence-corrected chi connectivity index (χ2v) is 5.82. The summed E-state index contributed by atoms with van der Waals surface area (Å²) in [5.74, 6) is -1.12. The molecular weight excluding hydrogens is 359 g/mol. The van der Waals surface area contributed by atoms with E-state index in [2.05, 4.69) is 22.6 Å². The number of rotatable bonds is 4. The first-order valence-electron chi connectivity index (χ1n) is 5.98. The van der Waals surface area contributed by atoms with Crippen LogP contribution in [0.5, 0.6) is 0 Å². The van der Waals surface area contributed by atoms with E-state index in [9.17, 15) is 8.78 Å². The Kier molecular flexibility index (Phi) is 4.87. The van der Waals surface area contributed by atoms with Gasteiger partial charge in [0.05, 0.1) is 0 Å². The van der Waals surface area contributed by atoms with Crippen molar-refractivity contribution in [2.75, 3.05) is 0 Å². The third-order valence-electron chi connectivity index (χ3n) is 2.83. The van der Waals surface area contributed by atoms with Crippen molar-refractivity contribution in [3.63, 3.8) is 0 Å². The molecule has 0 amide bonds. The minimum Gasteiger partial charge on any atom is -0.327 e. The largest absolute Gasteiger partial charge is 0.327 e. The SMILES string of the molecule is NC(Cc1ccc(I)cc1)Cc1cc(F)cc(F)c1. The number of hydrogen-bond donors (Lipinski definition) is 1. The highest BCUT2D eigenvalue weighted by molar-refractivity contribution is 14.1. The fourth-order valence-electron chi connectivity index (χ4n) is 2.03. The highest BCUT2D eigenvalue weighted by atomic mass is 127. The number of benzene rings is 2. The Morgan fingerprint density at radius 1 is 0.895 bits per heavy atom. The van der Waals surface area contributed by atoms with E-state index in [0.29, 0.717) is 18.4 Å². The van der Waals surface area contributed by atoms with Crippen LogP contribution in [0.4, 0.5) is 8.78 Å². The average molecular weight is 373 g/mol. The molecule has 0 aromatic heterocycles. The van der Waals surface area contributed by atoms with Crippen LogP contribution in [-0.2, 0) is 12.8 Å². The summed E-state index contributed by atoms with van der Waals surface area (Å²) >= 11 is 2.24. The molecule has 100 valence electrons. The molecule has 1 atom stereocenters. The van der Waals surface area contributed by atoms with Crippen LogP contribution in [0, 0.1) is 15.2 Å². The molecule has 19 heavy (non-hydrogen) atoms. The molecule has 0 fully saturated rings. The average Bonchev–Trinajstić information content (AvgIpc) is 2.30. The molecule has 0 radical (unpaired) electrons. The lowest BCUT2D eigenvalue weighted by atomic mass is 10.00. The zero-order valence-electron chi connectivity index (χ0n) is 10.2. The molecule has 2 aromatic rings. The Balaban J connectivity index is 2.00. The van der Waals surface area contributed by atoms with E-state index in [1.165, 1.54) is 15.7 Å². The van der Waals surface area contributed by atoms with Gasteiger partial charge in [-0.2, -0.15) is 0 Å². The van der Waals surface area contributed by atoms with Gasteiger partial charge in [-0.3, -0.25) is 0 Å². The molecule has 0 aliphatic heterocycles. The van der Waals surface area contributed by atoms with Gasteiger partial charge in [-0.1, -0.05) is 12.1 Å². The summed E-state index contributed by atoms with van der Waals surface area (Å²) in [5.41, 5.74) is 7.75. The van der Waals surface area contributed by atoms with Gasteiger partial charge in [0.15, 0.2) is 0 Å². The molecule has 1 nitrogen and oxygen atoms in total. The fourth-order valence-corrected chi connectivity index (χ4v) is 2.39. The molecular formula is C15H14F2IN. The van der Waals surface area contributed by atoms with Crippen molar-refractivity contribution < 1.29 is 8.78 Å². The maximum absolute atomic E-state index is 13.1. The topological polar surface area (TPSA) is 26.0 Å². The Morgan fingerprint density at radius 2 is 1.42 bits per heavy atom. The summed E-state index contributed by atoms with van der Waals surface area (Å²) < 4.78 is 27.3. The second kappa shape index (κ2) is 6.43. The summed E-state index contributed by atoms with van der Waals surface area (Å²) in [5, 5.41) is 0. The lowest BCUT2D eigenvalue weighted by molar-refractivity contribution is 0.574. The normalized spacial score (nSPS) is 12.4. The predicted octanol–water partition coefficient (Wildman–Crippen LogP) is 3.68. The van der Waals surface area contributed by atoms with Gasteiger partial charge in [-0.05, 0) is 70.8 Å². The fraction of sp³-hybridized carbons (Fsp3) is 0.200. The molecule has 1 unspecified atom stereocenters. The minimum atomic E-state index is -0.559. The van der Waals surface area contributed by atoms with Crippen LogP contribution in [0.25, 0.3) is 0 Å². The molecule has 0 bridgehead atoms. The molecule has 0 heterocycles. The molecule has 0 aliphatic carbocycles. The zero-order chi connectivity index (χ0) is 13.8. The first-order valence-corrected chi connectivity index (χ1v) is 7.06. The van der Waals surface area contributed by atoms with E-state index in [4.69, 9.17) is 5.73 Å². The summed E-state index contributed by atoms with van der Waals surface area (Å²) in [7, 11) is 0. The summed E-state index contributed by atoms with van der Waals surface area (Å²) in [4.78, 5) is 0. The van der Waals surface area contributed by atoms with Crippen molar-refractivity contribution in [3.05, 3.63) is 68.8 Å². The van der Waals surface area contributed by atoms with E-state index >= 15 is 0 Å². The van der Waals surface area contributed by atoms with Gasteiger partial charge in [-0.25, -0.2) is 8.78 Å². The molecule has 0 spiro atoms. The molecule has 0 saturated carbocycles. The van der Waals surface area contributed by atoms with Crippen LogP contribution in [0.1, 0.15) is 11.1 Å². The summed E-state index contributed by atoms with van der Waals surface area (Å²) in [6, 6.07) is 11.5. The van der Waals surface area contributed by atoms with Crippen LogP contribution < -0.4 is 5.73 Å². The van der Waals surface area contributed by atoms with Crippen molar-refractivity contribution in [2.24, 2.45) is 5.73 Å². The molecule has 2 N–H and O–H groups in total. The van der Waals surface area contributed by atoms with Crippen molar-refractivity contribution >= 4 is 22.6 Å². The van der Waals surface area contributed by atoms with E-state index in [0.717, 1.165) is 11.6 Å². The molecule has 0 aliphatic rings. The Morgan fingerprint density at radius 3 is 2.00 bits per heavy atom. The molecule has 2 rings (SSSR count). The van der Waals surface area contributed by atoms with Crippen molar-refractivity contribution in [1.82, 2.24) is 0 Å². The van der Waals surface area contributed by atoms with Gasteiger partial charge in [0.2, 0.25) is 0 Å². The smallest absolute Gasteiger partial charge is 0.126 e. The number of halogens is 3. The van der Waals surface area contributed by atoms with Gasteiger partial charge >= 0.3 is 0 Å². The lowest BCUT2D eigenvalue weighted by Gasteiger charge is -2.12. The Hall–Kier alpha value is -1.01. The van der Waals surface area contributed by atoms with Crippen molar-refractivity contribution in [2.45, 2.75) is 18.9 Å². The first kappa shape index (κ1) is 14.4. The van der Waals surface area contributed by atoms with E-state index < -0.39 is 11.6 Å².